The Morgan fingerprint density at radius 1 is 1.05 bits per heavy atom. The molecule has 0 aromatic heterocycles. The molecule has 0 heterocycles. The van der Waals surface area contributed by atoms with E-state index in [1.165, 1.54) is 22.6 Å². The van der Waals surface area contributed by atoms with Crippen LogP contribution in [0.25, 0.3) is 0 Å². The summed E-state index contributed by atoms with van der Waals surface area (Å²) >= 11 is 1.78. The lowest BCUT2D eigenvalue weighted by Crippen LogP contribution is -2.21. The van der Waals surface area contributed by atoms with E-state index in [-0.39, 0.29) is 5.82 Å². The Morgan fingerprint density at radius 3 is 2.50 bits per heavy atom. The molecular formula is C17H20FNS. The molecule has 0 atom stereocenters. The molecule has 0 aliphatic rings. The molecule has 0 unspecified atom stereocenters. The SMILES string of the molecule is CC(C)NCc1cccc(SCc2ccc(F)cc2)c1. The van der Waals surface area contributed by atoms with E-state index in [0.29, 0.717) is 6.04 Å². The van der Waals surface area contributed by atoms with Gasteiger partial charge in [0.15, 0.2) is 0 Å². The maximum Gasteiger partial charge on any atom is 0.123 e. The summed E-state index contributed by atoms with van der Waals surface area (Å²) in [5.74, 6) is 0.682. The molecule has 0 radical (unpaired) electrons. The Hall–Kier alpha value is -1.32. The Kier molecular flexibility index (Phi) is 5.62. The minimum Gasteiger partial charge on any atom is -0.310 e. The lowest BCUT2D eigenvalue weighted by molar-refractivity contribution is 0.588. The third-order valence-corrected chi connectivity index (χ3v) is 4.00. The van der Waals surface area contributed by atoms with Gasteiger partial charge in [0.05, 0.1) is 0 Å². The van der Waals surface area contributed by atoms with Gasteiger partial charge < -0.3 is 5.32 Å². The Balaban J connectivity index is 1.92. The maximum absolute atomic E-state index is 12.8. The Morgan fingerprint density at radius 2 is 1.80 bits per heavy atom. The molecule has 2 rings (SSSR count). The standard InChI is InChI=1S/C17H20FNS/c1-13(2)19-11-15-4-3-5-17(10-15)20-12-14-6-8-16(18)9-7-14/h3-10,13,19H,11-12H2,1-2H3. The van der Waals surface area contributed by atoms with Crippen molar-refractivity contribution in [1.29, 1.82) is 0 Å². The highest BCUT2D eigenvalue weighted by Gasteiger charge is 2.00. The number of halogens is 1. The van der Waals surface area contributed by atoms with Crippen LogP contribution in [0.3, 0.4) is 0 Å². The van der Waals surface area contributed by atoms with Crippen molar-refractivity contribution in [2.45, 2.75) is 37.1 Å². The molecular weight excluding hydrogens is 269 g/mol. The first-order valence-electron chi connectivity index (χ1n) is 6.83. The van der Waals surface area contributed by atoms with E-state index in [1.54, 1.807) is 11.8 Å². The third-order valence-electron chi connectivity index (χ3n) is 2.93. The van der Waals surface area contributed by atoms with E-state index in [2.05, 4.69) is 43.4 Å². The van der Waals surface area contributed by atoms with Crippen molar-refractivity contribution in [2.75, 3.05) is 0 Å². The first-order chi connectivity index (χ1) is 9.63. The van der Waals surface area contributed by atoms with Crippen LogP contribution in [-0.4, -0.2) is 6.04 Å². The fourth-order valence-electron chi connectivity index (χ4n) is 1.81. The smallest absolute Gasteiger partial charge is 0.123 e. The predicted molar refractivity (Wildman–Crippen MR) is 84.4 cm³/mol. The first kappa shape index (κ1) is 15.1. The van der Waals surface area contributed by atoms with Gasteiger partial charge in [-0.15, -0.1) is 11.8 Å². The summed E-state index contributed by atoms with van der Waals surface area (Å²) in [7, 11) is 0. The molecule has 1 N–H and O–H groups in total. The van der Waals surface area contributed by atoms with E-state index in [4.69, 9.17) is 0 Å². The summed E-state index contributed by atoms with van der Waals surface area (Å²) in [4.78, 5) is 1.25. The van der Waals surface area contributed by atoms with E-state index in [9.17, 15) is 4.39 Å². The highest BCUT2D eigenvalue weighted by atomic mass is 32.2. The van der Waals surface area contributed by atoms with Gasteiger partial charge in [-0.1, -0.05) is 38.1 Å². The van der Waals surface area contributed by atoms with Crippen LogP contribution in [0.1, 0.15) is 25.0 Å². The average molecular weight is 289 g/mol. The van der Waals surface area contributed by atoms with Crippen LogP contribution in [0.5, 0.6) is 0 Å². The summed E-state index contributed by atoms with van der Waals surface area (Å²) in [6, 6.07) is 15.8. The van der Waals surface area contributed by atoms with Crippen LogP contribution in [0, 0.1) is 5.82 Å². The minimum absolute atomic E-state index is 0.180. The van der Waals surface area contributed by atoms with Crippen LogP contribution >= 0.6 is 11.8 Å². The van der Waals surface area contributed by atoms with Crippen LogP contribution < -0.4 is 5.32 Å². The van der Waals surface area contributed by atoms with Gasteiger partial charge in [-0.05, 0) is 35.4 Å². The van der Waals surface area contributed by atoms with Crippen molar-refractivity contribution in [3.8, 4) is 0 Å². The van der Waals surface area contributed by atoms with Gasteiger partial charge in [0.2, 0.25) is 0 Å². The fraction of sp³-hybridized carbons (Fsp3) is 0.294. The third kappa shape index (κ3) is 4.99. The molecule has 0 bridgehead atoms. The first-order valence-corrected chi connectivity index (χ1v) is 7.81. The molecule has 0 saturated carbocycles. The monoisotopic (exact) mass is 289 g/mol. The number of hydrogen-bond acceptors (Lipinski definition) is 2. The quantitative estimate of drug-likeness (QED) is 0.779. The summed E-state index contributed by atoms with van der Waals surface area (Å²) in [5, 5.41) is 3.42. The van der Waals surface area contributed by atoms with E-state index >= 15 is 0 Å². The van der Waals surface area contributed by atoms with Gasteiger partial charge in [-0.3, -0.25) is 0 Å². The summed E-state index contributed by atoms with van der Waals surface area (Å²) in [6.07, 6.45) is 0. The molecule has 2 aromatic carbocycles. The normalized spacial score (nSPS) is 11.0. The van der Waals surface area contributed by atoms with Crippen molar-refractivity contribution >= 4 is 11.8 Å². The van der Waals surface area contributed by atoms with Gasteiger partial charge in [-0.2, -0.15) is 0 Å². The van der Waals surface area contributed by atoms with Gasteiger partial charge >= 0.3 is 0 Å². The number of hydrogen-bond donors (Lipinski definition) is 1. The van der Waals surface area contributed by atoms with Crippen molar-refractivity contribution in [2.24, 2.45) is 0 Å². The van der Waals surface area contributed by atoms with Gasteiger partial charge in [-0.25, -0.2) is 4.39 Å². The van der Waals surface area contributed by atoms with Crippen molar-refractivity contribution < 1.29 is 4.39 Å². The molecule has 0 aliphatic carbocycles. The zero-order valence-corrected chi connectivity index (χ0v) is 12.7. The van der Waals surface area contributed by atoms with E-state index in [1.807, 2.05) is 12.1 Å². The number of nitrogens with one attached hydrogen (secondary N) is 1. The van der Waals surface area contributed by atoms with Crippen LogP contribution in [-0.2, 0) is 12.3 Å². The van der Waals surface area contributed by atoms with Crippen molar-refractivity contribution in [3.63, 3.8) is 0 Å². The highest BCUT2D eigenvalue weighted by molar-refractivity contribution is 7.98. The van der Waals surface area contributed by atoms with Crippen LogP contribution in [0.15, 0.2) is 53.4 Å². The number of rotatable bonds is 6. The average Bonchev–Trinajstić information content (AvgIpc) is 2.45. The Bertz CT molecular complexity index is 537. The lowest BCUT2D eigenvalue weighted by Gasteiger charge is -2.09. The lowest BCUT2D eigenvalue weighted by atomic mass is 10.2. The molecule has 0 saturated heterocycles. The summed E-state index contributed by atoms with van der Waals surface area (Å²) < 4.78 is 12.8. The molecule has 106 valence electrons. The highest BCUT2D eigenvalue weighted by Crippen LogP contribution is 2.23. The molecule has 3 heteroatoms. The number of thioether (sulfide) groups is 1. The second-order valence-electron chi connectivity index (χ2n) is 5.10. The second kappa shape index (κ2) is 7.46. The predicted octanol–water partition coefficient (Wildman–Crippen LogP) is 4.62. The zero-order valence-electron chi connectivity index (χ0n) is 11.9. The molecule has 0 aliphatic heterocycles. The summed E-state index contributed by atoms with van der Waals surface area (Å²) in [6.45, 7) is 5.18. The molecule has 2 aromatic rings. The maximum atomic E-state index is 12.8. The van der Waals surface area contributed by atoms with Gasteiger partial charge in [0, 0.05) is 23.2 Å². The Labute approximate surface area is 124 Å². The zero-order chi connectivity index (χ0) is 14.4. The second-order valence-corrected chi connectivity index (χ2v) is 6.15. The topological polar surface area (TPSA) is 12.0 Å². The minimum atomic E-state index is -0.180. The molecule has 0 amide bonds. The van der Waals surface area contributed by atoms with Gasteiger partial charge in [0.25, 0.3) is 0 Å². The largest absolute Gasteiger partial charge is 0.310 e. The van der Waals surface area contributed by atoms with Crippen LogP contribution in [0.4, 0.5) is 4.39 Å². The van der Waals surface area contributed by atoms with E-state index < -0.39 is 0 Å². The number of benzene rings is 2. The molecule has 1 nitrogen and oxygen atoms in total. The van der Waals surface area contributed by atoms with Crippen molar-refractivity contribution in [1.82, 2.24) is 5.32 Å². The van der Waals surface area contributed by atoms with Crippen molar-refractivity contribution in [3.05, 3.63) is 65.5 Å². The molecule has 20 heavy (non-hydrogen) atoms. The molecule has 0 fully saturated rings. The fourth-order valence-corrected chi connectivity index (χ4v) is 2.75. The van der Waals surface area contributed by atoms with Gasteiger partial charge in [0.1, 0.15) is 5.82 Å². The summed E-state index contributed by atoms with van der Waals surface area (Å²) in [5.41, 5.74) is 2.44. The van der Waals surface area contributed by atoms with Crippen LogP contribution in [0.2, 0.25) is 0 Å². The van der Waals surface area contributed by atoms with E-state index in [0.717, 1.165) is 17.9 Å². The molecule has 0 spiro atoms.